The Kier molecular flexibility index (Phi) is 3.55. The fraction of sp³-hybridized carbons (Fsp3) is 0.267. The second-order valence-electron chi connectivity index (χ2n) is 4.31. The quantitative estimate of drug-likeness (QED) is 0.873. The van der Waals surface area contributed by atoms with Crippen LogP contribution in [-0.2, 0) is 6.42 Å². The average molecular weight is 226 g/mol. The van der Waals surface area contributed by atoms with Gasteiger partial charge < -0.3 is 5.73 Å². The van der Waals surface area contributed by atoms with Crippen molar-refractivity contribution in [2.45, 2.75) is 26.3 Å². The minimum Gasteiger partial charge on any atom is -0.320 e. The number of nitrogens with zero attached hydrogens (tertiary/aromatic N) is 1. The molecular formula is C15H18N2. The molecule has 88 valence electrons. The molecule has 0 aliphatic heterocycles. The van der Waals surface area contributed by atoms with E-state index in [1.54, 1.807) is 6.20 Å². The Morgan fingerprint density at radius 1 is 1.29 bits per heavy atom. The number of hydrogen-bond donors (Lipinski definition) is 1. The van der Waals surface area contributed by atoms with E-state index in [4.69, 9.17) is 5.73 Å². The largest absolute Gasteiger partial charge is 0.320 e. The molecule has 0 spiro atoms. The SMILES string of the molecule is CCc1cccc(C(N)c2cnccc2C)c1. The molecular weight excluding hydrogens is 208 g/mol. The monoisotopic (exact) mass is 226 g/mol. The summed E-state index contributed by atoms with van der Waals surface area (Å²) in [6.07, 6.45) is 4.69. The van der Waals surface area contributed by atoms with Crippen LogP contribution in [0.15, 0.2) is 42.7 Å². The summed E-state index contributed by atoms with van der Waals surface area (Å²) in [5.41, 5.74) is 11.1. The van der Waals surface area contributed by atoms with Gasteiger partial charge in [0.1, 0.15) is 0 Å². The highest BCUT2D eigenvalue weighted by molar-refractivity contribution is 5.36. The first-order chi connectivity index (χ1) is 8.22. The standard InChI is InChI=1S/C15H18N2/c1-3-12-5-4-6-13(9-12)15(16)14-10-17-8-7-11(14)2/h4-10,15H,3,16H2,1-2H3. The van der Waals surface area contributed by atoms with Gasteiger partial charge >= 0.3 is 0 Å². The van der Waals surface area contributed by atoms with Crippen molar-refractivity contribution in [3.63, 3.8) is 0 Å². The first kappa shape index (κ1) is 11.8. The van der Waals surface area contributed by atoms with Crippen molar-refractivity contribution in [1.29, 1.82) is 0 Å². The number of pyridine rings is 1. The zero-order valence-electron chi connectivity index (χ0n) is 10.4. The van der Waals surface area contributed by atoms with Gasteiger partial charge in [-0.05, 0) is 41.7 Å². The van der Waals surface area contributed by atoms with Gasteiger partial charge in [-0.3, -0.25) is 4.98 Å². The maximum Gasteiger partial charge on any atom is 0.0569 e. The Labute approximate surface area is 103 Å². The van der Waals surface area contributed by atoms with Crippen molar-refractivity contribution >= 4 is 0 Å². The van der Waals surface area contributed by atoms with Gasteiger partial charge in [-0.1, -0.05) is 31.2 Å². The lowest BCUT2D eigenvalue weighted by Gasteiger charge is -2.15. The Bertz CT molecular complexity index is 506. The molecule has 2 N–H and O–H groups in total. The number of hydrogen-bond acceptors (Lipinski definition) is 2. The molecule has 1 aromatic carbocycles. The molecule has 2 heteroatoms. The van der Waals surface area contributed by atoms with Crippen LogP contribution in [0.3, 0.4) is 0 Å². The van der Waals surface area contributed by atoms with Gasteiger partial charge in [-0.15, -0.1) is 0 Å². The van der Waals surface area contributed by atoms with Crippen LogP contribution in [0.4, 0.5) is 0 Å². The van der Waals surface area contributed by atoms with Gasteiger partial charge in [-0.25, -0.2) is 0 Å². The summed E-state index contributed by atoms with van der Waals surface area (Å²) in [4.78, 5) is 4.15. The van der Waals surface area contributed by atoms with E-state index < -0.39 is 0 Å². The van der Waals surface area contributed by atoms with Crippen LogP contribution in [-0.4, -0.2) is 4.98 Å². The third kappa shape index (κ3) is 2.53. The smallest absolute Gasteiger partial charge is 0.0569 e. The van der Waals surface area contributed by atoms with Gasteiger partial charge in [0.2, 0.25) is 0 Å². The topological polar surface area (TPSA) is 38.9 Å². The van der Waals surface area contributed by atoms with Gasteiger partial charge in [0.15, 0.2) is 0 Å². The van der Waals surface area contributed by atoms with E-state index in [-0.39, 0.29) is 6.04 Å². The van der Waals surface area contributed by atoms with Crippen LogP contribution in [0, 0.1) is 6.92 Å². The molecule has 0 saturated carbocycles. The third-order valence-electron chi connectivity index (χ3n) is 3.13. The Balaban J connectivity index is 2.37. The molecule has 2 rings (SSSR count). The molecule has 0 fully saturated rings. The molecule has 0 saturated heterocycles. The maximum atomic E-state index is 6.30. The number of aryl methyl sites for hydroxylation is 2. The highest BCUT2D eigenvalue weighted by atomic mass is 14.7. The molecule has 1 unspecified atom stereocenters. The van der Waals surface area contributed by atoms with Gasteiger partial charge in [-0.2, -0.15) is 0 Å². The highest BCUT2D eigenvalue weighted by Crippen LogP contribution is 2.22. The zero-order chi connectivity index (χ0) is 12.3. The predicted molar refractivity (Wildman–Crippen MR) is 70.8 cm³/mol. The van der Waals surface area contributed by atoms with E-state index >= 15 is 0 Å². The summed E-state index contributed by atoms with van der Waals surface area (Å²) in [5.74, 6) is 0. The van der Waals surface area contributed by atoms with Crippen LogP contribution in [0.5, 0.6) is 0 Å². The summed E-state index contributed by atoms with van der Waals surface area (Å²) < 4.78 is 0. The molecule has 0 aliphatic carbocycles. The van der Waals surface area contributed by atoms with E-state index in [0.29, 0.717) is 0 Å². The second-order valence-corrected chi connectivity index (χ2v) is 4.31. The van der Waals surface area contributed by atoms with Gasteiger partial charge in [0, 0.05) is 12.4 Å². The molecule has 1 aromatic heterocycles. The van der Waals surface area contributed by atoms with E-state index in [2.05, 4.69) is 43.1 Å². The molecule has 0 amide bonds. The minimum atomic E-state index is -0.0878. The van der Waals surface area contributed by atoms with Crippen LogP contribution in [0.2, 0.25) is 0 Å². The minimum absolute atomic E-state index is 0.0878. The molecule has 17 heavy (non-hydrogen) atoms. The normalized spacial score (nSPS) is 12.4. The molecule has 0 aliphatic rings. The Hall–Kier alpha value is -1.67. The van der Waals surface area contributed by atoms with E-state index in [9.17, 15) is 0 Å². The lowest BCUT2D eigenvalue weighted by atomic mass is 9.96. The molecule has 1 atom stereocenters. The molecule has 0 bridgehead atoms. The molecule has 2 aromatic rings. The van der Waals surface area contributed by atoms with Crippen LogP contribution in [0.1, 0.15) is 35.2 Å². The molecule has 0 radical (unpaired) electrons. The predicted octanol–water partition coefficient (Wildman–Crippen LogP) is 3.00. The first-order valence-electron chi connectivity index (χ1n) is 5.97. The summed E-state index contributed by atoms with van der Waals surface area (Å²) in [6.45, 7) is 4.22. The van der Waals surface area contributed by atoms with E-state index in [1.807, 2.05) is 12.3 Å². The number of nitrogens with two attached hydrogens (primary N) is 1. The lowest BCUT2D eigenvalue weighted by Crippen LogP contribution is -2.13. The fourth-order valence-electron chi connectivity index (χ4n) is 1.99. The van der Waals surface area contributed by atoms with Crippen LogP contribution >= 0.6 is 0 Å². The fourth-order valence-corrected chi connectivity index (χ4v) is 1.99. The highest BCUT2D eigenvalue weighted by Gasteiger charge is 2.11. The average Bonchev–Trinajstić information content (AvgIpc) is 2.38. The summed E-state index contributed by atoms with van der Waals surface area (Å²) >= 11 is 0. The number of rotatable bonds is 3. The maximum absolute atomic E-state index is 6.30. The van der Waals surface area contributed by atoms with Gasteiger partial charge in [0.05, 0.1) is 6.04 Å². The van der Waals surface area contributed by atoms with E-state index in [0.717, 1.165) is 17.5 Å². The van der Waals surface area contributed by atoms with Crippen molar-refractivity contribution in [1.82, 2.24) is 4.98 Å². The van der Waals surface area contributed by atoms with Crippen molar-refractivity contribution in [3.05, 3.63) is 65.0 Å². The van der Waals surface area contributed by atoms with Crippen molar-refractivity contribution in [2.24, 2.45) is 5.73 Å². The first-order valence-corrected chi connectivity index (χ1v) is 5.97. The third-order valence-corrected chi connectivity index (χ3v) is 3.13. The summed E-state index contributed by atoms with van der Waals surface area (Å²) in [6, 6.07) is 10.4. The van der Waals surface area contributed by atoms with Crippen LogP contribution < -0.4 is 5.73 Å². The molecule has 2 nitrogen and oxygen atoms in total. The van der Waals surface area contributed by atoms with Crippen molar-refractivity contribution in [2.75, 3.05) is 0 Å². The summed E-state index contributed by atoms with van der Waals surface area (Å²) in [7, 11) is 0. The zero-order valence-corrected chi connectivity index (χ0v) is 10.4. The molecule has 1 heterocycles. The second kappa shape index (κ2) is 5.11. The number of aromatic nitrogens is 1. The van der Waals surface area contributed by atoms with Crippen LogP contribution in [0.25, 0.3) is 0 Å². The van der Waals surface area contributed by atoms with Crippen molar-refractivity contribution < 1.29 is 0 Å². The summed E-state index contributed by atoms with van der Waals surface area (Å²) in [5, 5.41) is 0. The van der Waals surface area contributed by atoms with Crippen molar-refractivity contribution in [3.8, 4) is 0 Å². The number of benzene rings is 1. The van der Waals surface area contributed by atoms with Gasteiger partial charge in [0.25, 0.3) is 0 Å². The Morgan fingerprint density at radius 3 is 2.82 bits per heavy atom. The Morgan fingerprint density at radius 2 is 2.12 bits per heavy atom. The lowest BCUT2D eigenvalue weighted by molar-refractivity contribution is 0.849. The van der Waals surface area contributed by atoms with E-state index in [1.165, 1.54) is 11.1 Å².